The highest BCUT2D eigenvalue weighted by Gasteiger charge is 2.46. The summed E-state index contributed by atoms with van der Waals surface area (Å²) in [6.07, 6.45) is 2.92. The summed E-state index contributed by atoms with van der Waals surface area (Å²) < 4.78 is 5.10. The Hall–Kier alpha value is -1.69. The van der Waals surface area contributed by atoms with Gasteiger partial charge in [-0.15, -0.1) is 11.3 Å². The number of hydrogen-bond donors (Lipinski definition) is 0. The molecule has 1 fully saturated rings. The average molecular weight is 337 g/mol. The van der Waals surface area contributed by atoms with E-state index in [-0.39, 0.29) is 18.9 Å². The normalized spacial score (nSPS) is 21.6. The van der Waals surface area contributed by atoms with E-state index in [1.165, 1.54) is 16.2 Å². The molecular weight excluding hydrogens is 314 g/mol. The Kier molecular flexibility index (Phi) is 6.33. The Morgan fingerprint density at radius 1 is 1.35 bits per heavy atom. The first-order valence-corrected chi connectivity index (χ1v) is 9.02. The number of rotatable bonds is 7. The van der Waals surface area contributed by atoms with Crippen molar-refractivity contribution in [2.45, 2.75) is 45.4 Å². The summed E-state index contributed by atoms with van der Waals surface area (Å²) in [5.41, 5.74) is 0. The number of esters is 1. The molecule has 2 unspecified atom stereocenters. The Balaban J connectivity index is 2.23. The number of unbranched alkanes of at least 4 members (excludes halogenated alkanes) is 2. The Labute approximate surface area is 140 Å². The van der Waals surface area contributed by atoms with E-state index >= 15 is 0 Å². The topological polar surface area (TPSA) is 63.7 Å². The number of likely N-dealkylation sites (tertiary alicyclic amines) is 1. The number of hydrogen-bond acceptors (Lipinski definition) is 5. The predicted octanol–water partition coefficient (Wildman–Crippen LogP) is 2.96. The van der Waals surface area contributed by atoms with Crippen LogP contribution in [0, 0.1) is 5.92 Å². The summed E-state index contributed by atoms with van der Waals surface area (Å²) in [6, 6.07) is 3.74. The van der Waals surface area contributed by atoms with Gasteiger partial charge in [0.25, 0.3) is 0 Å². The molecule has 0 aliphatic carbocycles. The van der Waals surface area contributed by atoms with E-state index < -0.39 is 23.7 Å². The first-order chi connectivity index (χ1) is 11.1. The number of imide groups is 1. The molecule has 2 atom stereocenters. The third kappa shape index (κ3) is 3.99. The second-order valence-corrected chi connectivity index (χ2v) is 6.63. The van der Waals surface area contributed by atoms with Crippen LogP contribution in [0.1, 0.15) is 50.3 Å². The molecule has 2 amide bonds. The van der Waals surface area contributed by atoms with Crippen LogP contribution in [-0.2, 0) is 19.1 Å². The molecule has 1 aromatic heterocycles. The van der Waals surface area contributed by atoms with Crippen LogP contribution in [0.4, 0.5) is 0 Å². The number of nitrogens with zero attached hydrogens (tertiary/aromatic N) is 1. The van der Waals surface area contributed by atoms with Gasteiger partial charge in [-0.1, -0.05) is 25.8 Å². The zero-order chi connectivity index (χ0) is 16.8. The van der Waals surface area contributed by atoms with Gasteiger partial charge in [0, 0.05) is 23.8 Å². The molecule has 0 N–H and O–H groups in total. The van der Waals surface area contributed by atoms with Gasteiger partial charge in [-0.25, -0.2) is 0 Å². The van der Waals surface area contributed by atoms with Crippen molar-refractivity contribution in [2.24, 2.45) is 5.92 Å². The SMILES string of the molecule is CCCCCN1C(=O)CC(c2cccs2)C(C(=O)OCC)C1=O. The van der Waals surface area contributed by atoms with Gasteiger partial charge in [-0.05, 0) is 24.8 Å². The third-order valence-electron chi connectivity index (χ3n) is 4.06. The largest absolute Gasteiger partial charge is 0.465 e. The molecule has 23 heavy (non-hydrogen) atoms. The molecular formula is C17H23NO4S. The first kappa shape index (κ1) is 17.7. The average Bonchev–Trinajstić information content (AvgIpc) is 3.04. The molecule has 1 saturated heterocycles. The predicted molar refractivity (Wildman–Crippen MR) is 88.0 cm³/mol. The third-order valence-corrected chi connectivity index (χ3v) is 5.07. The molecule has 0 radical (unpaired) electrons. The minimum Gasteiger partial charge on any atom is -0.465 e. The summed E-state index contributed by atoms with van der Waals surface area (Å²) in [5, 5.41) is 1.89. The monoisotopic (exact) mass is 337 g/mol. The van der Waals surface area contributed by atoms with Gasteiger partial charge >= 0.3 is 5.97 Å². The van der Waals surface area contributed by atoms with Crippen LogP contribution in [0.2, 0.25) is 0 Å². The summed E-state index contributed by atoms with van der Waals surface area (Å²) in [7, 11) is 0. The number of carbonyl (C=O) groups excluding carboxylic acids is 3. The molecule has 5 nitrogen and oxygen atoms in total. The summed E-state index contributed by atoms with van der Waals surface area (Å²) in [4.78, 5) is 39.6. The van der Waals surface area contributed by atoms with Crippen LogP contribution in [-0.4, -0.2) is 35.8 Å². The Morgan fingerprint density at radius 3 is 2.74 bits per heavy atom. The summed E-state index contributed by atoms with van der Waals surface area (Å²) >= 11 is 1.46. The molecule has 0 bridgehead atoms. The first-order valence-electron chi connectivity index (χ1n) is 8.14. The van der Waals surface area contributed by atoms with Crippen molar-refractivity contribution in [1.29, 1.82) is 0 Å². The molecule has 0 aromatic carbocycles. The summed E-state index contributed by atoms with van der Waals surface area (Å²) in [6.45, 7) is 4.39. The lowest BCUT2D eigenvalue weighted by atomic mass is 9.83. The zero-order valence-electron chi connectivity index (χ0n) is 13.6. The van der Waals surface area contributed by atoms with Crippen LogP contribution >= 0.6 is 11.3 Å². The van der Waals surface area contributed by atoms with Gasteiger partial charge in [0.05, 0.1) is 6.61 Å². The maximum absolute atomic E-state index is 12.8. The lowest BCUT2D eigenvalue weighted by Crippen LogP contribution is -2.51. The fourth-order valence-electron chi connectivity index (χ4n) is 2.90. The van der Waals surface area contributed by atoms with E-state index in [0.717, 1.165) is 24.1 Å². The molecule has 1 aliphatic rings. The molecule has 0 saturated carbocycles. The van der Waals surface area contributed by atoms with Gasteiger partial charge < -0.3 is 4.74 Å². The van der Waals surface area contributed by atoms with Crippen molar-refractivity contribution in [3.63, 3.8) is 0 Å². The Bertz CT molecular complexity index is 555. The molecule has 2 heterocycles. The van der Waals surface area contributed by atoms with Crippen molar-refractivity contribution in [3.8, 4) is 0 Å². The van der Waals surface area contributed by atoms with Gasteiger partial charge in [0.1, 0.15) is 5.92 Å². The standard InChI is InChI=1S/C17H23NO4S/c1-3-5-6-9-18-14(19)11-12(13-8-7-10-23-13)15(16(18)20)17(21)22-4-2/h7-8,10,12,15H,3-6,9,11H2,1-2H3. The minimum absolute atomic E-state index is 0.182. The van der Waals surface area contributed by atoms with Crippen LogP contribution in [0.15, 0.2) is 17.5 Å². The highest BCUT2D eigenvalue weighted by molar-refractivity contribution is 7.10. The molecule has 1 aliphatic heterocycles. The van der Waals surface area contributed by atoms with E-state index in [1.807, 2.05) is 17.5 Å². The maximum Gasteiger partial charge on any atom is 0.319 e. The second kappa shape index (κ2) is 8.24. The smallest absolute Gasteiger partial charge is 0.319 e. The fraction of sp³-hybridized carbons (Fsp3) is 0.588. The molecule has 126 valence electrons. The Morgan fingerprint density at radius 2 is 2.13 bits per heavy atom. The van der Waals surface area contributed by atoms with E-state index in [4.69, 9.17) is 4.74 Å². The number of piperidine rings is 1. The molecule has 1 aromatic rings. The van der Waals surface area contributed by atoms with Crippen molar-refractivity contribution in [3.05, 3.63) is 22.4 Å². The van der Waals surface area contributed by atoms with Crippen LogP contribution in [0.25, 0.3) is 0 Å². The number of amides is 2. The lowest BCUT2D eigenvalue weighted by Gasteiger charge is -2.34. The highest BCUT2D eigenvalue weighted by Crippen LogP contribution is 2.37. The molecule has 6 heteroatoms. The van der Waals surface area contributed by atoms with E-state index in [2.05, 4.69) is 6.92 Å². The van der Waals surface area contributed by atoms with Crippen LogP contribution in [0.5, 0.6) is 0 Å². The lowest BCUT2D eigenvalue weighted by molar-refractivity contribution is -0.163. The minimum atomic E-state index is -0.909. The van der Waals surface area contributed by atoms with E-state index in [9.17, 15) is 14.4 Å². The van der Waals surface area contributed by atoms with Crippen LogP contribution < -0.4 is 0 Å². The fourth-order valence-corrected chi connectivity index (χ4v) is 3.76. The quantitative estimate of drug-likeness (QED) is 0.332. The molecule has 2 rings (SSSR count). The van der Waals surface area contributed by atoms with E-state index in [0.29, 0.717) is 6.54 Å². The van der Waals surface area contributed by atoms with Crippen molar-refractivity contribution < 1.29 is 19.1 Å². The number of thiophene rings is 1. The molecule has 0 spiro atoms. The van der Waals surface area contributed by atoms with E-state index in [1.54, 1.807) is 6.92 Å². The van der Waals surface area contributed by atoms with Gasteiger partial charge in [-0.2, -0.15) is 0 Å². The zero-order valence-corrected chi connectivity index (χ0v) is 14.4. The van der Waals surface area contributed by atoms with Gasteiger partial charge in [0.15, 0.2) is 0 Å². The maximum atomic E-state index is 12.8. The van der Waals surface area contributed by atoms with Gasteiger partial charge in [0.2, 0.25) is 11.8 Å². The van der Waals surface area contributed by atoms with Crippen LogP contribution in [0.3, 0.4) is 0 Å². The highest BCUT2D eigenvalue weighted by atomic mass is 32.1. The summed E-state index contributed by atoms with van der Waals surface area (Å²) in [5.74, 6) is -2.44. The number of carbonyl (C=O) groups is 3. The van der Waals surface area contributed by atoms with Crippen molar-refractivity contribution in [1.82, 2.24) is 4.90 Å². The number of ether oxygens (including phenoxy) is 1. The van der Waals surface area contributed by atoms with Gasteiger partial charge in [-0.3, -0.25) is 19.3 Å². The second-order valence-electron chi connectivity index (χ2n) is 5.65. The van der Waals surface area contributed by atoms with Crippen molar-refractivity contribution >= 4 is 29.1 Å². The van der Waals surface area contributed by atoms with Crippen molar-refractivity contribution in [2.75, 3.05) is 13.2 Å².